The van der Waals surface area contributed by atoms with Gasteiger partial charge in [-0.3, -0.25) is 14.2 Å². The molecule has 12 nitrogen and oxygen atoms in total. The molecule has 3 aromatic heterocycles. The molecule has 3 heterocycles. The number of imidazole rings is 1. The summed E-state index contributed by atoms with van der Waals surface area (Å²) in [5.74, 6) is 0.0112. The molecule has 2 aromatic carbocycles. The Labute approximate surface area is 247 Å². The van der Waals surface area contributed by atoms with Crippen molar-refractivity contribution in [3.8, 4) is 11.4 Å². The fourth-order valence-electron chi connectivity index (χ4n) is 4.52. The molecule has 5 rings (SSSR count). The van der Waals surface area contributed by atoms with Crippen LogP contribution < -0.4 is 21.6 Å². The minimum Gasteiger partial charge on any atom is -0.382 e. The maximum atomic E-state index is 14.0. The van der Waals surface area contributed by atoms with Gasteiger partial charge in [0.2, 0.25) is 5.91 Å². The van der Waals surface area contributed by atoms with Crippen LogP contribution in [0.25, 0.3) is 22.5 Å². The molecule has 0 aliphatic rings. The van der Waals surface area contributed by atoms with Crippen molar-refractivity contribution in [3.63, 3.8) is 0 Å². The second-order valence-corrected chi connectivity index (χ2v) is 10.2. The SMILES string of the molecule is Cc1ccnc(NC(=O)c2ccc(-n3c(=O)n(-c4cccc(N(C)C(=O)/C=C/CN(C)C)c4)c4ncnc(N)c43)cc2)c1. The normalized spacial score (nSPS) is 11.4. The monoisotopic (exact) mass is 577 g/mol. The van der Waals surface area contributed by atoms with Crippen LogP contribution in [0.3, 0.4) is 0 Å². The molecule has 0 radical (unpaired) electrons. The van der Waals surface area contributed by atoms with Gasteiger partial charge in [0.1, 0.15) is 17.7 Å². The van der Waals surface area contributed by atoms with E-state index in [9.17, 15) is 14.4 Å². The summed E-state index contributed by atoms with van der Waals surface area (Å²) < 4.78 is 2.82. The van der Waals surface area contributed by atoms with Gasteiger partial charge in [-0.05, 0) is 81.2 Å². The second-order valence-electron chi connectivity index (χ2n) is 10.2. The van der Waals surface area contributed by atoms with E-state index < -0.39 is 5.69 Å². The van der Waals surface area contributed by atoms with Gasteiger partial charge in [-0.1, -0.05) is 12.1 Å². The number of nitrogens with zero attached hydrogens (tertiary/aromatic N) is 7. The first-order valence-electron chi connectivity index (χ1n) is 13.4. The van der Waals surface area contributed by atoms with Crippen molar-refractivity contribution in [1.29, 1.82) is 0 Å². The number of fused-ring (bicyclic) bond motifs is 1. The van der Waals surface area contributed by atoms with E-state index in [1.807, 2.05) is 32.0 Å². The van der Waals surface area contributed by atoms with Crippen LogP contribution in [0.5, 0.6) is 0 Å². The largest absolute Gasteiger partial charge is 0.382 e. The van der Waals surface area contributed by atoms with E-state index in [0.717, 1.165) is 5.56 Å². The molecule has 0 aliphatic heterocycles. The highest BCUT2D eigenvalue weighted by Gasteiger charge is 2.21. The predicted molar refractivity (Wildman–Crippen MR) is 167 cm³/mol. The number of nitrogen functional groups attached to an aromatic ring is 1. The summed E-state index contributed by atoms with van der Waals surface area (Å²) in [6.45, 7) is 2.54. The number of aromatic nitrogens is 5. The lowest BCUT2D eigenvalue weighted by molar-refractivity contribution is -0.113. The van der Waals surface area contributed by atoms with E-state index in [1.54, 1.807) is 73.9 Å². The third kappa shape index (κ3) is 6.04. The van der Waals surface area contributed by atoms with Gasteiger partial charge in [0, 0.05) is 37.1 Å². The number of rotatable bonds is 8. The number of hydrogen-bond donors (Lipinski definition) is 2. The Morgan fingerprint density at radius 2 is 1.72 bits per heavy atom. The van der Waals surface area contributed by atoms with Crippen LogP contribution in [0, 0.1) is 6.92 Å². The van der Waals surface area contributed by atoms with Gasteiger partial charge < -0.3 is 20.9 Å². The van der Waals surface area contributed by atoms with Crippen molar-refractivity contribution in [2.24, 2.45) is 0 Å². The molecule has 218 valence electrons. The zero-order chi connectivity index (χ0) is 30.7. The Morgan fingerprint density at radius 3 is 2.44 bits per heavy atom. The topological polar surface area (TPSA) is 144 Å². The van der Waals surface area contributed by atoms with Crippen LogP contribution in [0.2, 0.25) is 0 Å². The molecule has 0 aliphatic carbocycles. The Bertz CT molecular complexity index is 1910. The van der Waals surface area contributed by atoms with Gasteiger partial charge in [0.25, 0.3) is 5.91 Å². The number of anilines is 3. The first-order valence-corrected chi connectivity index (χ1v) is 13.4. The molecule has 0 saturated heterocycles. The van der Waals surface area contributed by atoms with Crippen molar-refractivity contribution in [2.75, 3.05) is 43.6 Å². The van der Waals surface area contributed by atoms with Gasteiger partial charge in [0.15, 0.2) is 11.5 Å². The van der Waals surface area contributed by atoms with Crippen LogP contribution in [-0.4, -0.2) is 68.5 Å². The lowest BCUT2D eigenvalue weighted by Crippen LogP contribution is -2.25. The molecule has 5 aromatic rings. The maximum absolute atomic E-state index is 14.0. The van der Waals surface area contributed by atoms with Gasteiger partial charge in [-0.15, -0.1) is 0 Å². The van der Waals surface area contributed by atoms with Gasteiger partial charge in [-0.25, -0.2) is 24.3 Å². The quantitative estimate of drug-likeness (QED) is 0.268. The van der Waals surface area contributed by atoms with Crippen molar-refractivity contribution >= 4 is 40.3 Å². The van der Waals surface area contributed by atoms with Crippen molar-refractivity contribution in [3.05, 3.63) is 107 Å². The van der Waals surface area contributed by atoms with E-state index in [1.165, 1.54) is 26.4 Å². The number of benzene rings is 2. The van der Waals surface area contributed by atoms with Crippen LogP contribution >= 0.6 is 0 Å². The summed E-state index contributed by atoms with van der Waals surface area (Å²) >= 11 is 0. The fourth-order valence-corrected chi connectivity index (χ4v) is 4.52. The standard InChI is InChI=1S/C31H31N9O3/c1-20-14-15-33-25(17-20)36-30(42)21-10-12-22(13-11-21)39-27-28(32)34-19-35-29(27)40(31(39)43)24-8-5-7-23(18-24)38(4)26(41)9-6-16-37(2)3/h5-15,17-19H,16H2,1-4H3,(H2,32,34,35)(H,33,36,42)/b9-6+. The van der Waals surface area contributed by atoms with E-state index >= 15 is 0 Å². The highest BCUT2D eigenvalue weighted by molar-refractivity contribution is 6.04. The number of aryl methyl sites for hydroxylation is 1. The highest BCUT2D eigenvalue weighted by Crippen LogP contribution is 2.25. The third-order valence-electron chi connectivity index (χ3n) is 6.73. The molecule has 3 N–H and O–H groups in total. The van der Waals surface area contributed by atoms with Gasteiger partial charge in [0.05, 0.1) is 11.4 Å². The molecular weight excluding hydrogens is 546 g/mol. The van der Waals surface area contributed by atoms with Crippen LogP contribution in [0.1, 0.15) is 15.9 Å². The van der Waals surface area contributed by atoms with E-state index in [4.69, 9.17) is 5.73 Å². The molecule has 0 unspecified atom stereocenters. The van der Waals surface area contributed by atoms with Gasteiger partial charge in [-0.2, -0.15) is 0 Å². The van der Waals surface area contributed by atoms with Crippen molar-refractivity contribution in [1.82, 2.24) is 29.0 Å². The summed E-state index contributed by atoms with van der Waals surface area (Å²) in [5.41, 5.74) is 9.32. The van der Waals surface area contributed by atoms with Crippen LogP contribution in [-0.2, 0) is 4.79 Å². The minimum atomic E-state index is -0.444. The minimum absolute atomic E-state index is 0.114. The Kier molecular flexibility index (Phi) is 8.12. The smallest absolute Gasteiger partial charge is 0.339 e. The molecule has 2 amide bonds. The summed E-state index contributed by atoms with van der Waals surface area (Å²) in [7, 11) is 5.50. The molecule has 0 atom stereocenters. The second kappa shape index (κ2) is 12.1. The molecule has 0 fully saturated rings. The Hall–Kier alpha value is -5.62. The number of carbonyl (C=O) groups excluding carboxylic acids is 2. The zero-order valence-corrected chi connectivity index (χ0v) is 24.2. The lowest BCUT2D eigenvalue weighted by atomic mass is 10.2. The Balaban J connectivity index is 1.51. The molecule has 0 saturated carbocycles. The third-order valence-corrected chi connectivity index (χ3v) is 6.73. The summed E-state index contributed by atoms with van der Waals surface area (Å²) in [4.78, 5) is 55.7. The first kappa shape index (κ1) is 28.9. The van der Waals surface area contributed by atoms with Crippen molar-refractivity contribution < 1.29 is 9.59 Å². The molecule has 43 heavy (non-hydrogen) atoms. The number of carbonyl (C=O) groups is 2. The van der Waals surface area contributed by atoms with Crippen LogP contribution in [0.4, 0.5) is 17.3 Å². The fraction of sp³-hybridized carbons (Fsp3) is 0.161. The van der Waals surface area contributed by atoms with E-state index in [-0.39, 0.29) is 17.6 Å². The average Bonchev–Trinajstić information content (AvgIpc) is 3.29. The maximum Gasteiger partial charge on any atom is 0.339 e. The number of nitrogens with one attached hydrogen (secondary N) is 1. The number of likely N-dealkylation sites (N-methyl/N-ethyl adjacent to an activating group) is 2. The number of pyridine rings is 1. The Morgan fingerprint density at radius 1 is 0.953 bits per heavy atom. The summed E-state index contributed by atoms with van der Waals surface area (Å²) in [6, 6.07) is 17.2. The van der Waals surface area contributed by atoms with Crippen LogP contribution in [0.15, 0.2) is 90.1 Å². The summed E-state index contributed by atoms with van der Waals surface area (Å²) in [6.07, 6.45) is 6.21. The predicted octanol–water partition coefficient (Wildman–Crippen LogP) is 3.19. The van der Waals surface area contributed by atoms with Crippen molar-refractivity contribution in [2.45, 2.75) is 6.92 Å². The zero-order valence-electron chi connectivity index (χ0n) is 24.2. The molecular formula is C31H31N9O3. The summed E-state index contributed by atoms with van der Waals surface area (Å²) in [5, 5.41) is 2.78. The molecule has 12 heteroatoms. The van der Waals surface area contributed by atoms with E-state index in [0.29, 0.717) is 46.2 Å². The molecule has 0 spiro atoms. The molecule has 0 bridgehead atoms. The van der Waals surface area contributed by atoms with Gasteiger partial charge >= 0.3 is 5.69 Å². The first-order chi connectivity index (χ1) is 20.6. The van der Waals surface area contributed by atoms with E-state index in [2.05, 4.69) is 20.3 Å². The number of hydrogen-bond acceptors (Lipinski definition) is 8. The average molecular weight is 578 g/mol. The number of nitrogens with two attached hydrogens (primary N) is 1. The highest BCUT2D eigenvalue weighted by atomic mass is 16.2. The lowest BCUT2D eigenvalue weighted by Gasteiger charge is -2.16. The number of amides is 2.